The van der Waals surface area contributed by atoms with Crippen LogP contribution in [0.4, 0.5) is 5.82 Å². The molecule has 1 saturated heterocycles. The third kappa shape index (κ3) is 4.65. The fourth-order valence-electron chi connectivity index (χ4n) is 2.93. The van der Waals surface area contributed by atoms with Crippen LogP contribution in [0, 0.1) is 13.8 Å². The van der Waals surface area contributed by atoms with Crippen molar-refractivity contribution in [2.45, 2.75) is 39.8 Å². The van der Waals surface area contributed by atoms with Gasteiger partial charge in [0.2, 0.25) is 5.91 Å². The van der Waals surface area contributed by atoms with E-state index in [4.69, 9.17) is 4.74 Å². The van der Waals surface area contributed by atoms with Gasteiger partial charge in [0.25, 0.3) is 0 Å². The molecule has 1 N–H and O–H groups in total. The van der Waals surface area contributed by atoms with Crippen molar-refractivity contribution in [3.63, 3.8) is 0 Å². The molecule has 1 aliphatic heterocycles. The van der Waals surface area contributed by atoms with E-state index in [1.165, 1.54) is 6.92 Å². The summed E-state index contributed by atoms with van der Waals surface area (Å²) in [6, 6.07) is 5.73. The summed E-state index contributed by atoms with van der Waals surface area (Å²) in [6.45, 7) is 7.49. The molecule has 1 amide bonds. The van der Waals surface area contributed by atoms with E-state index in [-0.39, 0.29) is 12.0 Å². The molecule has 2 aromatic rings. The molecule has 2 aromatic heterocycles. The summed E-state index contributed by atoms with van der Waals surface area (Å²) in [5.74, 6) is 2.44. The van der Waals surface area contributed by atoms with Crippen LogP contribution >= 0.6 is 0 Å². The number of anilines is 1. The van der Waals surface area contributed by atoms with Crippen LogP contribution in [0.1, 0.15) is 30.6 Å². The maximum Gasteiger partial charge on any atom is 0.217 e. The van der Waals surface area contributed by atoms with Gasteiger partial charge in [0.15, 0.2) is 0 Å². The van der Waals surface area contributed by atoms with E-state index in [0.717, 1.165) is 48.3 Å². The van der Waals surface area contributed by atoms with Crippen LogP contribution in [0.5, 0.6) is 5.75 Å². The van der Waals surface area contributed by atoms with Gasteiger partial charge in [-0.25, -0.2) is 9.97 Å². The fraction of sp³-hybridized carbons (Fsp3) is 0.444. The molecule has 25 heavy (non-hydrogen) atoms. The average Bonchev–Trinajstić information content (AvgIpc) is 3.01. The van der Waals surface area contributed by atoms with Crippen molar-refractivity contribution in [2.24, 2.45) is 0 Å². The third-order valence-corrected chi connectivity index (χ3v) is 4.03. The van der Waals surface area contributed by atoms with Crippen molar-refractivity contribution < 1.29 is 9.53 Å². The lowest BCUT2D eigenvalue weighted by molar-refractivity contribution is -0.119. The molecule has 7 heteroatoms. The molecule has 3 rings (SSSR count). The normalized spacial score (nSPS) is 16.8. The second kappa shape index (κ2) is 7.46. The number of aryl methyl sites for hydroxylation is 2. The monoisotopic (exact) mass is 341 g/mol. The summed E-state index contributed by atoms with van der Waals surface area (Å²) >= 11 is 0. The van der Waals surface area contributed by atoms with Gasteiger partial charge >= 0.3 is 0 Å². The smallest absolute Gasteiger partial charge is 0.217 e. The van der Waals surface area contributed by atoms with Gasteiger partial charge < -0.3 is 15.0 Å². The number of amides is 1. The van der Waals surface area contributed by atoms with E-state index < -0.39 is 0 Å². The standard InChI is InChI=1S/C18H23N5O2/c1-12-8-18(22-13(2)21-12)23-7-5-17(11-23)25-16-4-6-19-15(9-16)10-20-14(3)24/h4,6,8-9,17H,5,7,10-11H2,1-3H3,(H,20,24). The van der Waals surface area contributed by atoms with Gasteiger partial charge in [-0.15, -0.1) is 0 Å². The zero-order valence-electron chi connectivity index (χ0n) is 14.8. The van der Waals surface area contributed by atoms with Crippen LogP contribution in [0.3, 0.4) is 0 Å². The minimum atomic E-state index is -0.0741. The van der Waals surface area contributed by atoms with Gasteiger partial charge in [0, 0.05) is 43.9 Å². The van der Waals surface area contributed by atoms with E-state index in [1.807, 2.05) is 32.0 Å². The Morgan fingerprint density at radius 3 is 2.96 bits per heavy atom. The Balaban J connectivity index is 1.61. The molecule has 1 fully saturated rings. The first-order chi connectivity index (χ1) is 12.0. The highest BCUT2D eigenvalue weighted by atomic mass is 16.5. The lowest BCUT2D eigenvalue weighted by Crippen LogP contribution is -2.25. The van der Waals surface area contributed by atoms with Crippen LogP contribution < -0.4 is 15.0 Å². The van der Waals surface area contributed by atoms with Crippen LogP contribution in [0.25, 0.3) is 0 Å². The highest BCUT2D eigenvalue weighted by Gasteiger charge is 2.25. The number of rotatable bonds is 5. The highest BCUT2D eigenvalue weighted by molar-refractivity contribution is 5.72. The zero-order valence-corrected chi connectivity index (χ0v) is 14.8. The summed E-state index contributed by atoms with van der Waals surface area (Å²) in [5.41, 5.74) is 1.76. The molecule has 0 bridgehead atoms. The number of ether oxygens (including phenoxy) is 1. The molecular formula is C18H23N5O2. The number of pyridine rings is 1. The number of carbonyl (C=O) groups excluding carboxylic acids is 1. The molecule has 0 aromatic carbocycles. The van der Waals surface area contributed by atoms with Crippen molar-refractivity contribution in [3.05, 3.63) is 41.6 Å². The minimum Gasteiger partial charge on any atom is -0.488 e. The van der Waals surface area contributed by atoms with Crippen LogP contribution in [0.15, 0.2) is 24.4 Å². The molecule has 0 spiro atoms. The Bertz CT molecular complexity index is 745. The molecule has 1 unspecified atom stereocenters. The molecular weight excluding hydrogens is 318 g/mol. The lowest BCUT2D eigenvalue weighted by atomic mass is 10.3. The Labute approximate surface area is 147 Å². The predicted octanol–water partition coefficient (Wildman–Crippen LogP) is 1.78. The Morgan fingerprint density at radius 1 is 1.36 bits per heavy atom. The van der Waals surface area contributed by atoms with E-state index in [2.05, 4.69) is 25.2 Å². The third-order valence-electron chi connectivity index (χ3n) is 4.03. The van der Waals surface area contributed by atoms with E-state index >= 15 is 0 Å². The first-order valence-electron chi connectivity index (χ1n) is 8.43. The second-order valence-corrected chi connectivity index (χ2v) is 6.28. The summed E-state index contributed by atoms with van der Waals surface area (Å²) in [6.07, 6.45) is 2.74. The quantitative estimate of drug-likeness (QED) is 0.893. The number of nitrogens with one attached hydrogen (secondary N) is 1. The Kier molecular flexibility index (Phi) is 5.11. The van der Waals surface area contributed by atoms with Crippen molar-refractivity contribution in [1.29, 1.82) is 0 Å². The first-order valence-corrected chi connectivity index (χ1v) is 8.43. The van der Waals surface area contributed by atoms with Gasteiger partial charge in [0.1, 0.15) is 23.5 Å². The maximum atomic E-state index is 11.0. The number of nitrogens with zero attached hydrogens (tertiary/aromatic N) is 4. The van der Waals surface area contributed by atoms with Crippen molar-refractivity contribution in [3.8, 4) is 5.75 Å². The Hall–Kier alpha value is -2.70. The van der Waals surface area contributed by atoms with Crippen LogP contribution in [0.2, 0.25) is 0 Å². The maximum absolute atomic E-state index is 11.0. The first kappa shape index (κ1) is 17.1. The fourth-order valence-corrected chi connectivity index (χ4v) is 2.93. The molecule has 0 saturated carbocycles. The SMILES string of the molecule is CC(=O)NCc1cc(OC2CCN(c3cc(C)nc(C)n3)C2)ccn1. The van der Waals surface area contributed by atoms with E-state index in [0.29, 0.717) is 6.54 Å². The van der Waals surface area contributed by atoms with E-state index in [1.54, 1.807) is 6.20 Å². The number of hydrogen-bond donors (Lipinski definition) is 1. The summed E-state index contributed by atoms with van der Waals surface area (Å²) in [5, 5.41) is 2.74. The van der Waals surface area contributed by atoms with Gasteiger partial charge in [0.05, 0.1) is 18.8 Å². The van der Waals surface area contributed by atoms with Gasteiger partial charge in [-0.3, -0.25) is 9.78 Å². The predicted molar refractivity (Wildman–Crippen MR) is 94.5 cm³/mol. The zero-order chi connectivity index (χ0) is 17.8. The van der Waals surface area contributed by atoms with Crippen molar-refractivity contribution in [1.82, 2.24) is 20.3 Å². The molecule has 3 heterocycles. The van der Waals surface area contributed by atoms with Crippen molar-refractivity contribution in [2.75, 3.05) is 18.0 Å². The second-order valence-electron chi connectivity index (χ2n) is 6.28. The molecule has 7 nitrogen and oxygen atoms in total. The summed E-state index contributed by atoms with van der Waals surface area (Å²) in [4.78, 5) is 26.3. The number of carbonyl (C=O) groups is 1. The number of aromatic nitrogens is 3. The highest BCUT2D eigenvalue weighted by Crippen LogP contribution is 2.23. The largest absolute Gasteiger partial charge is 0.488 e. The average molecular weight is 341 g/mol. The molecule has 132 valence electrons. The summed E-state index contributed by atoms with van der Waals surface area (Å²) in [7, 11) is 0. The molecule has 0 aliphatic carbocycles. The topological polar surface area (TPSA) is 80.2 Å². The van der Waals surface area contributed by atoms with E-state index in [9.17, 15) is 4.79 Å². The van der Waals surface area contributed by atoms with Gasteiger partial charge in [-0.2, -0.15) is 0 Å². The van der Waals surface area contributed by atoms with Crippen LogP contribution in [-0.2, 0) is 11.3 Å². The Morgan fingerprint density at radius 2 is 2.20 bits per heavy atom. The number of hydrogen-bond acceptors (Lipinski definition) is 6. The van der Waals surface area contributed by atoms with Gasteiger partial charge in [-0.05, 0) is 19.9 Å². The molecule has 1 aliphatic rings. The minimum absolute atomic E-state index is 0.0741. The van der Waals surface area contributed by atoms with Crippen LogP contribution in [-0.4, -0.2) is 40.1 Å². The lowest BCUT2D eigenvalue weighted by Gasteiger charge is -2.19. The molecule has 0 radical (unpaired) electrons. The van der Waals surface area contributed by atoms with Gasteiger partial charge in [-0.1, -0.05) is 0 Å². The van der Waals surface area contributed by atoms with Crippen molar-refractivity contribution >= 4 is 11.7 Å². The molecule has 1 atom stereocenters. The summed E-state index contributed by atoms with van der Waals surface area (Å²) < 4.78 is 6.10.